The largest absolute Gasteiger partial charge is 0.387 e. The van der Waals surface area contributed by atoms with Crippen LogP contribution in [-0.2, 0) is 0 Å². The zero-order valence-corrected chi connectivity index (χ0v) is 7.96. The highest BCUT2D eigenvalue weighted by molar-refractivity contribution is 4.83. The van der Waals surface area contributed by atoms with Crippen LogP contribution in [-0.4, -0.2) is 76.5 Å². The van der Waals surface area contributed by atoms with Crippen molar-refractivity contribution < 1.29 is 24.9 Å². The Hall–Kier alpha value is -0.200. The predicted octanol–water partition coefficient (Wildman–Crippen LogP) is -2.48. The van der Waals surface area contributed by atoms with Gasteiger partial charge in [-0.25, -0.2) is 0 Å². The van der Waals surface area contributed by atoms with Crippen molar-refractivity contribution in [1.29, 1.82) is 0 Å². The summed E-state index contributed by atoms with van der Waals surface area (Å²) in [4.78, 5) is 0. The third-order valence-electron chi connectivity index (χ3n) is 2.50. The van der Waals surface area contributed by atoms with Crippen molar-refractivity contribution in [2.45, 2.75) is 24.4 Å². The fourth-order valence-corrected chi connectivity index (χ4v) is 1.76. The minimum atomic E-state index is -1.25. The number of hydrogen-bond acceptors (Lipinski definition) is 4. The van der Waals surface area contributed by atoms with Gasteiger partial charge in [0, 0.05) is 0 Å². The van der Waals surface area contributed by atoms with E-state index in [2.05, 4.69) is 0 Å². The van der Waals surface area contributed by atoms with Gasteiger partial charge in [-0.1, -0.05) is 0 Å². The van der Waals surface area contributed by atoms with E-state index in [1.54, 1.807) is 0 Å². The van der Waals surface area contributed by atoms with Crippen molar-refractivity contribution in [3.05, 3.63) is 0 Å². The van der Waals surface area contributed by atoms with Crippen LogP contribution in [0.3, 0.4) is 0 Å². The molecule has 1 fully saturated rings. The highest BCUT2D eigenvalue weighted by Crippen LogP contribution is 2.16. The number of hydrogen-bond donors (Lipinski definition) is 4. The Morgan fingerprint density at radius 2 is 1.15 bits per heavy atom. The Kier molecular flexibility index (Phi) is 2.94. The van der Waals surface area contributed by atoms with E-state index in [9.17, 15) is 20.4 Å². The smallest absolute Gasteiger partial charge is 0.131 e. The van der Waals surface area contributed by atoms with Crippen molar-refractivity contribution in [3.63, 3.8) is 0 Å². The Morgan fingerprint density at radius 1 is 0.846 bits per heavy atom. The molecule has 0 radical (unpaired) electrons. The molecule has 1 heterocycles. The summed E-state index contributed by atoms with van der Waals surface area (Å²) >= 11 is 0. The van der Waals surface area contributed by atoms with Crippen LogP contribution in [0.15, 0.2) is 0 Å². The normalized spacial score (nSPS) is 45.7. The SMILES string of the molecule is C[N+]1(C)C[C@@H](O)[C@@H](O)[C@H](O)[C@H](O)C1. The molecule has 0 saturated carbocycles. The average molecular weight is 192 g/mol. The minimum absolute atomic E-state index is 0.329. The molecule has 0 amide bonds. The fourth-order valence-electron chi connectivity index (χ4n) is 1.76. The summed E-state index contributed by atoms with van der Waals surface area (Å²) in [6.45, 7) is 0.657. The minimum Gasteiger partial charge on any atom is -0.387 e. The van der Waals surface area contributed by atoms with Gasteiger partial charge in [0.15, 0.2) is 0 Å². The number of likely N-dealkylation sites (tertiary alicyclic amines) is 1. The van der Waals surface area contributed by atoms with Gasteiger partial charge < -0.3 is 24.9 Å². The molecule has 78 valence electrons. The molecule has 4 atom stereocenters. The van der Waals surface area contributed by atoms with Crippen LogP contribution in [0.5, 0.6) is 0 Å². The van der Waals surface area contributed by atoms with Gasteiger partial charge in [0.05, 0.1) is 14.1 Å². The zero-order chi connectivity index (χ0) is 10.2. The maximum absolute atomic E-state index is 9.44. The molecule has 1 aliphatic rings. The molecular weight excluding hydrogens is 174 g/mol. The number of nitrogens with zero attached hydrogens (tertiary/aromatic N) is 1. The molecule has 0 aromatic rings. The average Bonchev–Trinajstić information content (AvgIpc) is 2.03. The Bertz CT molecular complexity index is 167. The molecule has 1 rings (SSSR count). The fraction of sp³-hybridized carbons (Fsp3) is 1.00. The molecule has 0 unspecified atom stereocenters. The molecule has 1 saturated heterocycles. The van der Waals surface area contributed by atoms with Crippen LogP contribution in [0, 0.1) is 0 Å². The summed E-state index contributed by atoms with van der Waals surface area (Å²) in [5.41, 5.74) is 0. The first-order valence-electron chi connectivity index (χ1n) is 4.38. The molecule has 0 aromatic heterocycles. The molecular formula is C8H18NO4+. The molecule has 0 aliphatic carbocycles. The molecule has 4 N–H and O–H groups in total. The Morgan fingerprint density at radius 3 is 1.46 bits per heavy atom. The topological polar surface area (TPSA) is 80.9 Å². The second-order valence-corrected chi connectivity index (χ2v) is 4.42. The summed E-state index contributed by atoms with van der Waals surface area (Å²) < 4.78 is 0.385. The first-order valence-corrected chi connectivity index (χ1v) is 4.38. The first kappa shape index (κ1) is 10.9. The quantitative estimate of drug-likeness (QED) is 0.320. The van der Waals surface area contributed by atoms with Crippen molar-refractivity contribution in [2.24, 2.45) is 0 Å². The van der Waals surface area contributed by atoms with Crippen molar-refractivity contribution in [1.82, 2.24) is 0 Å². The van der Waals surface area contributed by atoms with Gasteiger partial charge in [0.1, 0.15) is 37.5 Å². The predicted molar refractivity (Wildman–Crippen MR) is 45.9 cm³/mol. The summed E-state index contributed by atoms with van der Waals surface area (Å²) in [6.07, 6.45) is -4.48. The molecule has 0 aromatic carbocycles. The lowest BCUT2D eigenvalue weighted by Crippen LogP contribution is -2.48. The van der Waals surface area contributed by atoms with Crippen molar-refractivity contribution >= 4 is 0 Å². The van der Waals surface area contributed by atoms with Crippen molar-refractivity contribution in [3.8, 4) is 0 Å². The molecule has 13 heavy (non-hydrogen) atoms. The van der Waals surface area contributed by atoms with Gasteiger partial charge in [-0.2, -0.15) is 0 Å². The number of aliphatic hydroxyl groups is 4. The molecule has 0 bridgehead atoms. The third kappa shape index (κ3) is 2.38. The molecule has 0 spiro atoms. The molecule has 5 heteroatoms. The van der Waals surface area contributed by atoms with E-state index < -0.39 is 24.4 Å². The second-order valence-electron chi connectivity index (χ2n) is 4.42. The van der Waals surface area contributed by atoms with Gasteiger partial charge in [0.2, 0.25) is 0 Å². The summed E-state index contributed by atoms with van der Waals surface area (Å²) in [5.74, 6) is 0. The number of quaternary nitrogens is 1. The summed E-state index contributed by atoms with van der Waals surface area (Å²) in [6, 6.07) is 0. The van der Waals surface area contributed by atoms with Gasteiger partial charge in [-0.05, 0) is 0 Å². The van der Waals surface area contributed by atoms with Crippen LogP contribution in [0.1, 0.15) is 0 Å². The monoisotopic (exact) mass is 192 g/mol. The lowest BCUT2D eigenvalue weighted by atomic mass is 10.1. The first-order chi connectivity index (χ1) is 5.83. The summed E-state index contributed by atoms with van der Waals surface area (Å²) in [7, 11) is 3.66. The number of likely N-dealkylation sites (N-methyl/N-ethyl adjacent to an activating group) is 1. The molecule has 1 aliphatic heterocycles. The molecule has 5 nitrogen and oxygen atoms in total. The van der Waals surface area contributed by atoms with Gasteiger partial charge >= 0.3 is 0 Å². The lowest BCUT2D eigenvalue weighted by molar-refractivity contribution is -0.895. The van der Waals surface area contributed by atoms with E-state index >= 15 is 0 Å². The van der Waals surface area contributed by atoms with Gasteiger partial charge in [0.25, 0.3) is 0 Å². The van der Waals surface area contributed by atoms with E-state index in [4.69, 9.17) is 0 Å². The van der Waals surface area contributed by atoms with Crippen molar-refractivity contribution in [2.75, 3.05) is 27.2 Å². The lowest BCUT2D eigenvalue weighted by Gasteiger charge is -2.30. The number of aliphatic hydroxyl groups excluding tert-OH is 4. The highest BCUT2D eigenvalue weighted by Gasteiger charge is 2.40. The van der Waals surface area contributed by atoms with E-state index in [0.29, 0.717) is 17.6 Å². The van der Waals surface area contributed by atoms with Gasteiger partial charge in [-0.3, -0.25) is 0 Å². The van der Waals surface area contributed by atoms with Crippen LogP contribution >= 0.6 is 0 Å². The van der Waals surface area contributed by atoms with E-state index in [-0.39, 0.29) is 0 Å². The standard InChI is InChI=1S/C8H18NO4/c1-9(2)3-5(10)7(12)8(13)6(11)4-9/h5-8,10-13H,3-4H2,1-2H3/q+1/t5-,6-,7-,8-/m1/s1. The third-order valence-corrected chi connectivity index (χ3v) is 2.50. The number of rotatable bonds is 0. The van der Waals surface area contributed by atoms with Crippen LogP contribution < -0.4 is 0 Å². The van der Waals surface area contributed by atoms with Crippen LogP contribution in [0.2, 0.25) is 0 Å². The van der Waals surface area contributed by atoms with Crippen LogP contribution in [0.25, 0.3) is 0 Å². The Balaban J connectivity index is 2.79. The second kappa shape index (κ2) is 3.51. The summed E-state index contributed by atoms with van der Waals surface area (Å²) in [5, 5.41) is 37.6. The zero-order valence-electron chi connectivity index (χ0n) is 7.96. The van der Waals surface area contributed by atoms with Gasteiger partial charge in [-0.15, -0.1) is 0 Å². The Labute approximate surface area is 77.4 Å². The highest BCUT2D eigenvalue weighted by atomic mass is 16.4. The van der Waals surface area contributed by atoms with E-state index in [1.165, 1.54) is 0 Å². The maximum Gasteiger partial charge on any atom is 0.131 e. The maximum atomic E-state index is 9.44. The van der Waals surface area contributed by atoms with Crippen LogP contribution in [0.4, 0.5) is 0 Å². The van der Waals surface area contributed by atoms with E-state index in [1.807, 2.05) is 14.1 Å². The van der Waals surface area contributed by atoms with E-state index in [0.717, 1.165) is 0 Å².